The zero-order chi connectivity index (χ0) is 20.1. The van der Waals surface area contributed by atoms with Crippen LogP contribution in [-0.2, 0) is 32.1 Å². The lowest BCUT2D eigenvalue weighted by Crippen LogP contribution is -2.13. The molecule has 27 heavy (non-hydrogen) atoms. The fourth-order valence-electron chi connectivity index (χ4n) is 4.48. The van der Waals surface area contributed by atoms with Crippen LogP contribution in [0.25, 0.3) is 0 Å². The van der Waals surface area contributed by atoms with E-state index >= 15 is 0 Å². The van der Waals surface area contributed by atoms with E-state index in [9.17, 15) is 0 Å². The molecule has 0 amide bonds. The van der Waals surface area contributed by atoms with E-state index in [-0.39, 0.29) is 12.1 Å². The summed E-state index contributed by atoms with van der Waals surface area (Å²) in [6.07, 6.45) is 5.09. The van der Waals surface area contributed by atoms with Gasteiger partial charge < -0.3 is 11.5 Å². The molecule has 2 nitrogen and oxygen atoms in total. The van der Waals surface area contributed by atoms with Gasteiger partial charge in [0.15, 0.2) is 0 Å². The lowest BCUT2D eigenvalue weighted by Gasteiger charge is -2.21. The molecule has 0 unspecified atom stereocenters. The standard InChI is InChI=1S/C25H38N2/c1-7-20-12-18(13-21(8-2)24(20)16(5)26)11-19-14-22(9-3)25(17(6)27)23(10-4)15-19/h12-17H,7-11,26-27H2,1-6H3/t16-,17+. The number of benzene rings is 2. The highest BCUT2D eigenvalue weighted by Crippen LogP contribution is 2.28. The molecular weight excluding hydrogens is 328 g/mol. The number of hydrogen-bond donors (Lipinski definition) is 2. The van der Waals surface area contributed by atoms with E-state index in [1.165, 1.54) is 44.5 Å². The number of aryl methyl sites for hydroxylation is 4. The summed E-state index contributed by atoms with van der Waals surface area (Å²) in [7, 11) is 0. The normalized spacial score (nSPS) is 13.6. The van der Waals surface area contributed by atoms with Crippen molar-refractivity contribution < 1.29 is 0 Å². The van der Waals surface area contributed by atoms with Crippen molar-refractivity contribution in [3.05, 3.63) is 68.8 Å². The molecule has 0 bridgehead atoms. The van der Waals surface area contributed by atoms with Gasteiger partial charge in [-0.25, -0.2) is 0 Å². The first-order chi connectivity index (χ1) is 12.9. The van der Waals surface area contributed by atoms with Crippen LogP contribution in [0.2, 0.25) is 0 Å². The van der Waals surface area contributed by atoms with E-state index in [1.807, 2.05) is 0 Å². The minimum absolute atomic E-state index is 0.0904. The highest BCUT2D eigenvalue weighted by Gasteiger charge is 2.15. The van der Waals surface area contributed by atoms with Gasteiger partial charge >= 0.3 is 0 Å². The van der Waals surface area contributed by atoms with Gasteiger partial charge in [0.05, 0.1) is 0 Å². The monoisotopic (exact) mass is 366 g/mol. The zero-order valence-electron chi connectivity index (χ0n) is 18.2. The van der Waals surface area contributed by atoms with Gasteiger partial charge in [0.25, 0.3) is 0 Å². The molecule has 0 spiro atoms. The van der Waals surface area contributed by atoms with Crippen molar-refractivity contribution in [1.82, 2.24) is 0 Å². The smallest absolute Gasteiger partial charge is 0.0271 e. The summed E-state index contributed by atoms with van der Waals surface area (Å²) in [5, 5.41) is 0. The highest BCUT2D eigenvalue weighted by atomic mass is 14.6. The highest BCUT2D eigenvalue weighted by molar-refractivity contribution is 5.46. The average molecular weight is 367 g/mol. The van der Waals surface area contributed by atoms with E-state index in [0.717, 1.165) is 32.1 Å². The van der Waals surface area contributed by atoms with Crippen LogP contribution in [0.3, 0.4) is 0 Å². The van der Waals surface area contributed by atoms with Gasteiger partial charge in [-0.15, -0.1) is 0 Å². The second-order valence-electron chi connectivity index (χ2n) is 7.82. The molecule has 0 aromatic heterocycles. The largest absolute Gasteiger partial charge is 0.324 e. The maximum Gasteiger partial charge on any atom is 0.0271 e. The third-order valence-corrected chi connectivity index (χ3v) is 5.66. The van der Waals surface area contributed by atoms with Crippen LogP contribution in [0.15, 0.2) is 24.3 Å². The topological polar surface area (TPSA) is 52.0 Å². The van der Waals surface area contributed by atoms with Crippen LogP contribution in [0.4, 0.5) is 0 Å². The molecule has 2 aromatic carbocycles. The molecule has 0 fully saturated rings. The van der Waals surface area contributed by atoms with Gasteiger partial charge in [-0.2, -0.15) is 0 Å². The summed E-state index contributed by atoms with van der Waals surface area (Å²) in [6, 6.07) is 9.66. The molecule has 0 heterocycles. The van der Waals surface area contributed by atoms with E-state index < -0.39 is 0 Å². The fraction of sp³-hybridized carbons (Fsp3) is 0.520. The van der Waals surface area contributed by atoms with Gasteiger partial charge in [-0.3, -0.25) is 0 Å². The molecule has 0 aliphatic rings. The molecule has 2 aromatic rings. The minimum Gasteiger partial charge on any atom is -0.324 e. The first kappa shape index (κ1) is 21.7. The Balaban J connectivity index is 2.50. The molecule has 0 radical (unpaired) electrons. The Bertz CT molecular complexity index is 656. The van der Waals surface area contributed by atoms with E-state index in [0.29, 0.717) is 0 Å². The first-order valence-corrected chi connectivity index (χ1v) is 10.7. The molecule has 2 atom stereocenters. The lowest BCUT2D eigenvalue weighted by atomic mass is 9.87. The van der Waals surface area contributed by atoms with Crippen molar-refractivity contribution in [3.63, 3.8) is 0 Å². The SMILES string of the molecule is CCc1cc(Cc2cc(CC)c([C@@H](C)N)c(CC)c2)cc(CC)c1[C@H](C)N. The van der Waals surface area contributed by atoms with Crippen molar-refractivity contribution in [1.29, 1.82) is 0 Å². The van der Waals surface area contributed by atoms with Crippen molar-refractivity contribution >= 4 is 0 Å². The summed E-state index contributed by atoms with van der Waals surface area (Å²) >= 11 is 0. The Morgan fingerprint density at radius 2 is 0.852 bits per heavy atom. The third kappa shape index (κ3) is 4.80. The Labute approximate surface area is 166 Å². The molecule has 0 saturated heterocycles. The summed E-state index contributed by atoms with van der Waals surface area (Å²) in [4.78, 5) is 0. The van der Waals surface area contributed by atoms with E-state index in [2.05, 4.69) is 65.8 Å². The summed E-state index contributed by atoms with van der Waals surface area (Å²) < 4.78 is 0. The van der Waals surface area contributed by atoms with Crippen LogP contribution in [0, 0.1) is 0 Å². The number of nitrogens with two attached hydrogens (primary N) is 2. The van der Waals surface area contributed by atoms with Crippen molar-refractivity contribution in [2.75, 3.05) is 0 Å². The Morgan fingerprint density at radius 1 is 0.593 bits per heavy atom. The molecule has 2 heteroatoms. The first-order valence-electron chi connectivity index (χ1n) is 10.7. The number of hydrogen-bond acceptors (Lipinski definition) is 2. The lowest BCUT2D eigenvalue weighted by molar-refractivity contribution is 0.779. The van der Waals surface area contributed by atoms with Crippen LogP contribution < -0.4 is 11.5 Å². The maximum atomic E-state index is 6.28. The molecule has 0 aliphatic carbocycles. The summed E-state index contributed by atoms with van der Waals surface area (Å²) in [5.74, 6) is 0. The predicted molar refractivity (Wildman–Crippen MR) is 118 cm³/mol. The average Bonchev–Trinajstić information content (AvgIpc) is 2.65. The Kier molecular flexibility index (Phi) is 7.64. The molecule has 0 aliphatic heterocycles. The van der Waals surface area contributed by atoms with Crippen LogP contribution in [0.1, 0.15) is 98.1 Å². The van der Waals surface area contributed by atoms with Gasteiger partial charge in [0.1, 0.15) is 0 Å². The number of rotatable bonds is 8. The predicted octanol–water partition coefficient (Wildman–Crippen LogP) is 5.57. The third-order valence-electron chi connectivity index (χ3n) is 5.66. The van der Waals surface area contributed by atoms with Crippen LogP contribution in [0.5, 0.6) is 0 Å². The molecular formula is C25H38N2. The maximum absolute atomic E-state index is 6.28. The fourth-order valence-corrected chi connectivity index (χ4v) is 4.48. The quantitative estimate of drug-likeness (QED) is 0.642. The van der Waals surface area contributed by atoms with Gasteiger partial charge in [0.2, 0.25) is 0 Å². The van der Waals surface area contributed by atoms with Crippen LogP contribution >= 0.6 is 0 Å². The van der Waals surface area contributed by atoms with E-state index in [4.69, 9.17) is 11.5 Å². The molecule has 0 saturated carbocycles. The van der Waals surface area contributed by atoms with Gasteiger partial charge in [0, 0.05) is 12.1 Å². The van der Waals surface area contributed by atoms with Crippen molar-refractivity contribution in [3.8, 4) is 0 Å². The van der Waals surface area contributed by atoms with E-state index in [1.54, 1.807) is 0 Å². The summed E-state index contributed by atoms with van der Waals surface area (Å²) in [6.45, 7) is 13.1. The molecule has 4 N–H and O–H groups in total. The van der Waals surface area contributed by atoms with Crippen molar-refractivity contribution in [2.45, 2.75) is 85.7 Å². The minimum atomic E-state index is 0.0904. The second kappa shape index (κ2) is 9.52. The molecule has 148 valence electrons. The zero-order valence-corrected chi connectivity index (χ0v) is 18.2. The summed E-state index contributed by atoms with van der Waals surface area (Å²) in [5.41, 5.74) is 23.6. The molecule has 2 rings (SSSR count). The van der Waals surface area contributed by atoms with Crippen LogP contribution in [-0.4, -0.2) is 0 Å². The van der Waals surface area contributed by atoms with Gasteiger partial charge in [-0.1, -0.05) is 52.0 Å². The Hall–Kier alpha value is -1.64. The second-order valence-corrected chi connectivity index (χ2v) is 7.82. The Morgan fingerprint density at radius 3 is 1.04 bits per heavy atom. The van der Waals surface area contributed by atoms with Crippen molar-refractivity contribution in [2.24, 2.45) is 11.5 Å². The van der Waals surface area contributed by atoms with Gasteiger partial charge in [-0.05, 0) is 90.5 Å².